The third-order valence-electron chi connectivity index (χ3n) is 5.47. The molecule has 0 N–H and O–H groups in total. The zero-order valence-electron chi connectivity index (χ0n) is 15.7. The molecule has 0 saturated carbocycles. The van der Waals surface area contributed by atoms with Crippen molar-refractivity contribution in [1.82, 2.24) is 24.5 Å². The van der Waals surface area contributed by atoms with E-state index in [4.69, 9.17) is 0 Å². The number of hydrogen-bond donors (Lipinski definition) is 0. The molecule has 6 nitrogen and oxygen atoms in total. The third kappa shape index (κ3) is 2.60. The van der Waals surface area contributed by atoms with Gasteiger partial charge in [-0.1, -0.05) is 35.5 Å². The van der Waals surface area contributed by atoms with E-state index in [0.717, 1.165) is 35.4 Å². The van der Waals surface area contributed by atoms with Gasteiger partial charge in [0.2, 0.25) is 0 Å². The minimum absolute atomic E-state index is 0.0225. The summed E-state index contributed by atoms with van der Waals surface area (Å²) in [5.41, 5.74) is 4.62. The summed E-state index contributed by atoms with van der Waals surface area (Å²) in [4.78, 5) is 15.5. The minimum atomic E-state index is -0.0977. The zero-order valence-corrected chi connectivity index (χ0v) is 15.7. The Morgan fingerprint density at radius 2 is 1.93 bits per heavy atom. The summed E-state index contributed by atoms with van der Waals surface area (Å²) in [7, 11) is 0. The van der Waals surface area contributed by atoms with Crippen LogP contribution in [-0.4, -0.2) is 36.9 Å². The van der Waals surface area contributed by atoms with Gasteiger partial charge in [-0.15, -0.1) is 5.10 Å². The molecule has 1 aliphatic heterocycles. The second-order valence-electron chi connectivity index (χ2n) is 7.05. The number of amides is 1. The highest BCUT2D eigenvalue weighted by atomic mass is 16.2. The monoisotopic (exact) mass is 371 g/mol. The Bertz CT molecular complexity index is 1140. The van der Waals surface area contributed by atoms with Gasteiger partial charge in [0.25, 0.3) is 5.91 Å². The van der Waals surface area contributed by atoms with Crippen LogP contribution in [-0.2, 0) is 13.1 Å². The van der Waals surface area contributed by atoms with Crippen molar-refractivity contribution in [2.45, 2.75) is 26.1 Å². The van der Waals surface area contributed by atoms with Gasteiger partial charge in [-0.3, -0.25) is 4.79 Å². The number of aromatic nitrogens is 4. The van der Waals surface area contributed by atoms with Crippen LogP contribution in [0.15, 0.2) is 66.9 Å². The molecule has 4 aromatic rings. The summed E-state index contributed by atoms with van der Waals surface area (Å²) in [5.74, 6) is 0.0225. The van der Waals surface area contributed by atoms with E-state index in [1.54, 1.807) is 0 Å². The standard InChI is InChI=1S/C22H21N5O/c1-2-27-19-11-10-17(15-18(19)23-24-27)22(28)26-14-13-25-12-6-9-20(25)21(26)16-7-4-3-5-8-16/h3-12,15,21H,2,13-14H2,1H3. The highest BCUT2D eigenvalue weighted by Crippen LogP contribution is 2.33. The maximum absolute atomic E-state index is 13.5. The van der Waals surface area contributed by atoms with Crippen molar-refractivity contribution in [2.24, 2.45) is 0 Å². The van der Waals surface area contributed by atoms with Crippen LogP contribution >= 0.6 is 0 Å². The lowest BCUT2D eigenvalue weighted by Gasteiger charge is -2.37. The van der Waals surface area contributed by atoms with Crippen molar-refractivity contribution in [3.8, 4) is 0 Å². The van der Waals surface area contributed by atoms with Gasteiger partial charge in [-0.2, -0.15) is 0 Å². The first-order valence-electron chi connectivity index (χ1n) is 9.60. The third-order valence-corrected chi connectivity index (χ3v) is 5.47. The van der Waals surface area contributed by atoms with Crippen molar-refractivity contribution >= 4 is 16.9 Å². The Morgan fingerprint density at radius 3 is 2.75 bits per heavy atom. The van der Waals surface area contributed by atoms with Gasteiger partial charge < -0.3 is 9.47 Å². The predicted octanol–water partition coefficient (Wildman–Crippen LogP) is 3.50. The van der Waals surface area contributed by atoms with Crippen LogP contribution in [0.3, 0.4) is 0 Å². The fourth-order valence-electron chi connectivity index (χ4n) is 4.09. The lowest BCUT2D eigenvalue weighted by molar-refractivity contribution is 0.0664. The van der Waals surface area contributed by atoms with Gasteiger partial charge >= 0.3 is 0 Å². The van der Waals surface area contributed by atoms with Crippen molar-refractivity contribution in [3.05, 3.63) is 83.7 Å². The number of nitrogens with zero attached hydrogens (tertiary/aromatic N) is 5. The van der Waals surface area contributed by atoms with Crippen LogP contribution in [0.25, 0.3) is 11.0 Å². The van der Waals surface area contributed by atoms with Crippen LogP contribution in [0.1, 0.15) is 34.6 Å². The lowest BCUT2D eigenvalue weighted by atomic mass is 9.99. The van der Waals surface area contributed by atoms with E-state index in [1.807, 2.05) is 59.0 Å². The first-order chi connectivity index (χ1) is 13.8. The molecule has 28 heavy (non-hydrogen) atoms. The number of benzene rings is 2. The van der Waals surface area contributed by atoms with Crippen molar-refractivity contribution in [3.63, 3.8) is 0 Å². The molecular weight excluding hydrogens is 350 g/mol. The molecule has 0 bridgehead atoms. The van der Waals surface area contributed by atoms with Crippen LogP contribution in [0, 0.1) is 0 Å². The van der Waals surface area contributed by atoms with Crippen LogP contribution < -0.4 is 0 Å². The number of carbonyl (C=O) groups is 1. The molecule has 1 aliphatic rings. The van der Waals surface area contributed by atoms with Crippen LogP contribution in [0.2, 0.25) is 0 Å². The van der Waals surface area contributed by atoms with E-state index in [9.17, 15) is 4.79 Å². The number of fused-ring (bicyclic) bond motifs is 2. The average Bonchev–Trinajstić information content (AvgIpc) is 3.39. The van der Waals surface area contributed by atoms with Gasteiger partial charge in [-0.05, 0) is 42.8 Å². The van der Waals surface area contributed by atoms with Gasteiger partial charge in [0.1, 0.15) is 5.52 Å². The fourth-order valence-corrected chi connectivity index (χ4v) is 4.09. The first kappa shape index (κ1) is 16.7. The first-order valence-corrected chi connectivity index (χ1v) is 9.60. The zero-order chi connectivity index (χ0) is 19.1. The van der Waals surface area contributed by atoms with Crippen molar-refractivity contribution in [2.75, 3.05) is 6.54 Å². The second-order valence-corrected chi connectivity index (χ2v) is 7.05. The Labute approximate surface area is 163 Å². The van der Waals surface area contributed by atoms with Gasteiger partial charge in [0.05, 0.1) is 11.6 Å². The van der Waals surface area contributed by atoms with Crippen LogP contribution in [0.4, 0.5) is 0 Å². The summed E-state index contributed by atoms with van der Waals surface area (Å²) in [6.45, 7) is 4.24. The summed E-state index contributed by atoms with van der Waals surface area (Å²) >= 11 is 0. The van der Waals surface area contributed by atoms with E-state index >= 15 is 0 Å². The van der Waals surface area contributed by atoms with Crippen molar-refractivity contribution in [1.29, 1.82) is 0 Å². The summed E-state index contributed by atoms with van der Waals surface area (Å²) in [5, 5.41) is 8.37. The van der Waals surface area contributed by atoms with Gasteiger partial charge in [0, 0.05) is 37.1 Å². The average molecular weight is 371 g/mol. The van der Waals surface area contributed by atoms with E-state index in [-0.39, 0.29) is 11.9 Å². The largest absolute Gasteiger partial charge is 0.348 e. The molecule has 3 heterocycles. The molecule has 0 aliphatic carbocycles. The molecule has 0 fully saturated rings. The molecule has 140 valence electrons. The summed E-state index contributed by atoms with van der Waals surface area (Å²) in [6, 6.07) is 20.0. The van der Waals surface area contributed by atoms with Crippen LogP contribution in [0.5, 0.6) is 0 Å². The number of aryl methyl sites for hydroxylation is 1. The molecule has 2 aromatic carbocycles. The molecule has 2 aromatic heterocycles. The fraction of sp³-hybridized carbons (Fsp3) is 0.227. The number of rotatable bonds is 3. The Hall–Kier alpha value is -3.41. The molecule has 1 amide bonds. The molecule has 1 atom stereocenters. The smallest absolute Gasteiger partial charge is 0.254 e. The molecule has 1 unspecified atom stereocenters. The number of carbonyl (C=O) groups excluding carboxylic acids is 1. The van der Waals surface area contributed by atoms with E-state index < -0.39 is 0 Å². The topological polar surface area (TPSA) is 56.0 Å². The summed E-state index contributed by atoms with van der Waals surface area (Å²) < 4.78 is 4.07. The molecule has 5 rings (SSSR count). The highest BCUT2D eigenvalue weighted by molar-refractivity contribution is 5.97. The maximum atomic E-state index is 13.5. The molecule has 0 spiro atoms. The van der Waals surface area contributed by atoms with Gasteiger partial charge in [0.15, 0.2) is 0 Å². The Kier molecular flexibility index (Phi) is 3.97. The SMILES string of the molecule is CCn1nnc2cc(C(=O)N3CCn4cccc4C3c3ccccc3)ccc21. The quantitative estimate of drug-likeness (QED) is 0.554. The van der Waals surface area contributed by atoms with E-state index in [1.165, 1.54) is 0 Å². The maximum Gasteiger partial charge on any atom is 0.254 e. The second kappa shape index (κ2) is 6.64. The Balaban J connectivity index is 1.56. The number of hydrogen-bond acceptors (Lipinski definition) is 3. The predicted molar refractivity (Wildman–Crippen MR) is 107 cm³/mol. The van der Waals surface area contributed by atoms with E-state index in [0.29, 0.717) is 12.1 Å². The lowest BCUT2D eigenvalue weighted by Crippen LogP contribution is -2.42. The molecule has 6 heteroatoms. The minimum Gasteiger partial charge on any atom is -0.348 e. The molecule has 0 radical (unpaired) electrons. The van der Waals surface area contributed by atoms with Crippen molar-refractivity contribution < 1.29 is 4.79 Å². The molecular formula is C22H21N5O. The van der Waals surface area contributed by atoms with Gasteiger partial charge in [-0.25, -0.2) is 4.68 Å². The Morgan fingerprint density at radius 1 is 1.07 bits per heavy atom. The normalized spacial score (nSPS) is 16.3. The van der Waals surface area contributed by atoms with E-state index in [2.05, 4.69) is 39.3 Å². The summed E-state index contributed by atoms with van der Waals surface area (Å²) in [6.07, 6.45) is 2.09. The molecule has 0 saturated heterocycles. The highest BCUT2D eigenvalue weighted by Gasteiger charge is 2.32.